The summed E-state index contributed by atoms with van der Waals surface area (Å²) in [6.07, 6.45) is 18.6. The van der Waals surface area contributed by atoms with E-state index in [1.54, 1.807) is 51.8 Å². The summed E-state index contributed by atoms with van der Waals surface area (Å²) in [6.45, 7) is 57.3. The van der Waals surface area contributed by atoms with Gasteiger partial charge in [0.25, 0.3) is 0 Å². The van der Waals surface area contributed by atoms with Crippen molar-refractivity contribution in [3.63, 3.8) is 0 Å². The van der Waals surface area contributed by atoms with Crippen molar-refractivity contribution in [1.82, 2.24) is 59.8 Å². The average molecular weight is 1840 g/mol. The van der Waals surface area contributed by atoms with Gasteiger partial charge in [-0.05, 0) is 285 Å². The molecule has 0 unspecified atom stereocenters. The SMILES string of the molecule is CC(C)(C)Cc1cc2c3c(ncnc3c1)-c1ccccc1C2(C)C.Cc1cc(-c2ncnc3cc(C(C)C)ccc23)cc(C)c1F.Cc1cc(C)cc(-c2ncnc3cc(C(C)C)ccc23)c1.Cc1cc(C)cc(-c2ncnc3cc(CC(C)C)ccc23)c1.Cc1ccc2c(c1)-c1ncnc3cc(C4CCCC4)cc(c13)C2(C)C.Cc1ccc2c(c1)-c1ncnc3cc(CC(C)(C)C)cc(c13)C2(C)C. The molecule has 6 heterocycles. The number of aryl methyl sites for hydroxylation is 8. The molecule has 18 aromatic rings. The summed E-state index contributed by atoms with van der Waals surface area (Å²) in [5.41, 5.74) is 45.0. The van der Waals surface area contributed by atoms with Crippen molar-refractivity contribution in [2.75, 3.05) is 0 Å². The molecule has 139 heavy (non-hydrogen) atoms. The summed E-state index contributed by atoms with van der Waals surface area (Å²) in [7, 11) is 0. The van der Waals surface area contributed by atoms with Crippen molar-refractivity contribution in [3.05, 3.63) is 355 Å². The molecule has 4 aliphatic carbocycles. The minimum atomic E-state index is -0.149. The quantitative estimate of drug-likeness (QED) is 0.128. The van der Waals surface area contributed by atoms with Crippen LogP contribution in [0.25, 0.3) is 133 Å². The molecule has 1 saturated carbocycles. The number of nitrogens with zero attached hydrogens (tertiary/aromatic N) is 12. The minimum Gasteiger partial charge on any atom is -0.236 e. The van der Waals surface area contributed by atoms with Gasteiger partial charge >= 0.3 is 0 Å². The highest BCUT2D eigenvalue weighted by Gasteiger charge is 2.39. The number of benzene rings is 12. The van der Waals surface area contributed by atoms with E-state index in [0.717, 1.165) is 114 Å². The highest BCUT2D eigenvalue weighted by molar-refractivity contribution is 6.03. The van der Waals surface area contributed by atoms with E-state index in [0.29, 0.717) is 34.8 Å². The smallest absolute Gasteiger partial charge is 0.129 e. The summed E-state index contributed by atoms with van der Waals surface area (Å²) in [5, 5.41) is 6.94. The van der Waals surface area contributed by atoms with Crippen LogP contribution in [0.15, 0.2) is 238 Å². The fourth-order valence-corrected chi connectivity index (χ4v) is 21.8. The molecule has 13 heteroatoms. The minimum absolute atomic E-state index is 0.0202. The van der Waals surface area contributed by atoms with Crippen LogP contribution in [0.5, 0.6) is 0 Å². The Bertz CT molecular complexity index is 7700. The summed E-state index contributed by atoms with van der Waals surface area (Å²) in [6, 6.07) is 72.5. The Morgan fingerprint density at radius 2 is 0.655 bits per heavy atom. The molecular weight excluding hydrogens is 1700 g/mol. The van der Waals surface area contributed by atoms with Gasteiger partial charge in [-0.25, -0.2) is 64.2 Å². The molecule has 0 bridgehead atoms. The van der Waals surface area contributed by atoms with Crippen molar-refractivity contribution in [2.24, 2.45) is 16.7 Å². The summed E-state index contributed by atoms with van der Waals surface area (Å²) in [5.74, 6) is 2.17. The summed E-state index contributed by atoms with van der Waals surface area (Å²) < 4.78 is 13.8. The van der Waals surface area contributed by atoms with Gasteiger partial charge in [0, 0.05) is 81.9 Å². The molecule has 0 aliphatic heterocycles. The van der Waals surface area contributed by atoms with Gasteiger partial charge in [0.05, 0.1) is 67.3 Å². The van der Waals surface area contributed by atoms with E-state index in [9.17, 15) is 4.39 Å². The maximum Gasteiger partial charge on any atom is 0.129 e. The lowest BCUT2D eigenvalue weighted by Crippen LogP contribution is -2.25. The van der Waals surface area contributed by atoms with E-state index in [1.807, 2.05) is 12.1 Å². The molecule has 0 saturated heterocycles. The molecule has 0 amide bonds. The van der Waals surface area contributed by atoms with Gasteiger partial charge in [-0.3, -0.25) is 0 Å². The van der Waals surface area contributed by atoms with Gasteiger partial charge in [-0.15, -0.1) is 0 Å². The second-order valence-electron chi connectivity index (χ2n) is 44.8. The first-order valence-corrected chi connectivity index (χ1v) is 49.9. The fourth-order valence-electron chi connectivity index (χ4n) is 21.8. The zero-order valence-corrected chi connectivity index (χ0v) is 86.5. The van der Waals surface area contributed by atoms with Crippen LogP contribution in [0.2, 0.25) is 0 Å². The van der Waals surface area contributed by atoms with Gasteiger partial charge in [-0.2, -0.15) is 0 Å². The molecule has 0 spiro atoms. The normalized spacial score (nSPS) is 14.0. The van der Waals surface area contributed by atoms with Crippen LogP contribution in [0.1, 0.15) is 279 Å². The summed E-state index contributed by atoms with van der Waals surface area (Å²) in [4.78, 5) is 54.7. The van der Waals surface area contributed by atoms with Crippen molar-refractivity contribution in [2.45, 2.75) is 259 Å². The molecule has 1 fully saturated rings. The second-order valence-corrected chi connectivity index (χ2v) is 44.8. The summed E-state index contributed by atoms with van der Waals surface area (Å²) >= 11 is 0. The van der Waals surface area contributed by atoms with E-state index in [-0.39, 0.29) is 32.9 Å². The van der Waals surface area contributed by atoms with Crippen LogP contribution in [-0.4, -0.2) is 59.8 Å². The van der Waals surface area contributed by atoms with E-state index in [1.165, 1.54) is 164 Å². The second kappa shape index (κ2) is 38.8. The Labute approximate surface area is 822 Å². The monoisotopic (exact) mass is 1840 g/mol. The molecular formula is C126H135FN12. The average Bonchev–Trinajstić information content (AvgIpc) is 1.03. The first-order chi connectivity index (χ1) is 66.0. The van der Waals surface area contributed by atoms with Crippen molar-refractivity contribution >= 4 is 65.4 Å². The maximum atomic E-state index is 13.8. The zero-order chi connectivity index (χ0) is 98.8. The predicted octanol–water partition coefficient (Wildman–Crippen LogP) is 32.6. The number of hydrogen-bond donors (Lipinski definition) is 0. The molecule has 4 aliphatic rings. The maximum absolute atomic E-state index is 13.8. The fraction of sp³-hybridized carbons (Fsp3) is 0.333. The van der Waals surface area contributed by atoms with E-state index >= 15 is 0 Å². The highest BCUT2D eigenvalue weighted by atomic mass is 19.1. The highest BCUT2D eigenvalue weighted by Crippen LogP contribution is 2.53. The Morgan fingerprint density at radius 3 is 1.06 bits per heavy atom. The standard InChI is InChI=1S/C23H24N2.C23H26N2.C22H24N2.C20H22N2.C19H19FN2.C19H20N2/c1-14-8-9-18-17(10-14)22-21-19(23(18,2)3)11-16(15-6-4-5-7-15)12-20(21)24-13-25-22;1-14-7-8-17-16(9-14)21-20-18(23(17,5)6)10-15(12-22(2,3)4)11-19(20)24-13-25-21;1-21(2,3)12-14-10-17-19-18(11-14)23-13-24-20(19)15-8-6-7-9-16(15)22(17,4)5;1-13(2)7-16-5-6-18-19(11-16)21-12-22-20(18)17-9-14(3)8-15(4)10-17;1-11(2)14-5-6-16-17(9-14)21-10-22-19(16)15-7-12(3)18(20)13(4)8-15;1-12(2)15-5-6-17-18(10-15)20-11-21-19(17)16-8-13(3)7-14(4)9-16/h8-13,15H,4-7H2,1-3H3;7-11,13H,12H2,1-6H3;6-11,13H,12H2,1-5H3;5-6,8-13H,7H2,1-4H3;5-11H,1-4H3;5-12H,1-4H3. The third-order valence-corrected chi connectivity index (χ3v) is 28.4. The van der Waals surface area contributed by atoms with E-state index < -0.39 is 0 Å². The third-order valence-electron chi connectivity index (χ3n) is 28.4. The molecule has 0 atom stereocenters. The molecule has 0 N–H and O–H groups in total. The third kappa shape index (κ3) is 20.3. The first kappa shape index (κ1) is 97.3. The van der Waals surface area contributed by atoms with Gasteiger partial charge < -0.3 is 0 Å². The predicted molar refractivity (Wildman–Crippen MR) is 578 cm³/mol. The lowest BCUT2D eigenvalue weighted by molar-refractivity contribution is 0.410. The van der Waals surface area contributed by atoms with Gasteiger partial charge in [-0.1, -0.05) is 286 Å². The van der Waals surface area contributed by atoms with Gasteiger partial charge in [0.15, 0.2) is 0 Å². The van der Waals surface area contributed by atoms with Crippen molar-refractivity contribution in [1.29, 1.82) is 0 Å². The van der Waals surface area contributed by atoms with Gasteiger partial charge in [0.2, 0.25) is 0 Å². The first-order valence-electron chi connectivity index (χ1n) is 49.9. The molecule has 706 valence electrons. The van der Waals surface area contributed by atoms with Crippen LogP contribution in [-0.2, 0) is 35.5 Å². The molecule has 12 aromatic carbocycles. The zero-order valence-electron chi connectivity index (χ0n) is 86.5. The number of hydrogen-bond acceptors (Lipinski definition) is 12. The number of fused-ring (bicyclic) bond motifs is 9. The lowest BCUT2D eigenvalue weighted by Gasteiger charge is -2.35. The van der Waals surface area contributed by atoms with E-state index in [2.05, 4.69) is 409 Å². The number of aromatic nitrogens is 12. The van der Waals surface area contributed by atoms with Crippen LogP contribution < -0.4 is 0 Å². The Kier molecular flexibility index (Phi) is 27.1. The number of halogens is 1. The van der Waals surface area contributed by atoms with Crippen molar-refractivity contribution in [3.8, 4) is 67.5 Å². The molecule has 0 radical (unpaired) electrons. The Hall–Kier alpha value is -13.4. The number of rotatable bonds is 10. The van der Waals surface area contributed by atoms with Crippen LogP contribution in [0.4, 0.5) is 4.39 Å². The van der Waals surface area contributed by atoms with Crippen LogP contribution in [0, 0.1) is 78.0 Å². The van der Waals surface area contributed by atoms with E-state index in [4.69, 9.17) is 4.98 Å². The van der Waals surface area contributed by atoms with Crippen molar-refractivity contribution < 1.29 is 4.39 Å². The molecule has 12 nitrogen and oxygen atoms in total. The molecule has 22 rings (SSSR count). The molecule has 6 aromatic heterocycles. The Morgan fingerprint density at radius 1 is 0.309 bits per heavy atom. The Balaban J connectivity index is 0.000000115. The lowest BCUT2D eigenvalue weighted by atomic mass is 9.69. The van der Waals surface area contributed by atoms with Gasteiger partial charge in [0.1, 0.15) is 43.8 Å². The topological polar surface area (TPSA) is 155 Å². The van der Waals surface area contributed by atoms with Crippen LogP contribution in [0.3, 0.4) is 0 Å². The largest absolute Gasteiger partial charge is 0.236 e. The van der Waals surface area contributed by atoms with Crippen LogP contribution >= 0.6 is 0 Å².